The topological polar surface area (TPSA) is 40.9 Å². The van der Waals surface area contributed by atoms with Crippen LogP contribution >= 0.6 is 11.6 Å². The Hall–Kier alpha value is -2.18. The first-order valence-corrected chi connectivity index (χ1v) is 6.36. The van der Waals surface area contributed by atoms with Gasteiger partial charge < -0.3 is 0 Å². The Morgan fingerprint density at radius 2 is 1.90 bits per heavy atom. The maximum absolute atomic E-state index is 12.9. The number of nitriles is 1. The first-order valence-electron chi connectivity index (χ1n) is 5.98. The van der Waals surface area contributed by atoms with Crippen LogP contribution in [-0.2, 0) is 0 Å². The number of nitrogens with zero attached hydrogens (tertiary/aromatic N) is 1. The van der Waals surface area contributed by atoms with Crippen LogP contribution in [0.3, 0.4) is 0 Å². The first kappa shape index (κ1) is 14.2. The van der Waals surface area contributed by atoms with Crippen LogP contribution in [0.1, 0.15) is 27.4 Å². The molecule has 0 saturated carbocycles. The van der Waals surface area contributed by atoms with E-state index >= 15 is 0 Å². The Balaban J connectivity index is 2.36. The van der Waals surface area contributed by atoms with Crippen molar-refractivity contribution in [1.29, 1.82) is 5.26 Å². The number of halogens is 2. The van der Waals surface area contributed by atoms with Crippen LogP contribution in [0.2, 0.25) is 5.02 Å². The zero-order valence-electron chi connectivity index (χ0n) is 10.7. The molecule has 20 heavy (non-hydrogen) atoms. The molecule has 0 N–H and O–H groups in total. The van der Waals surface area contributed by atoms with Crippen molar-refractivity contribution in [2.75, 3.05) is 0 Å². The number of rotatable bonds is 3. The zero-order chi connectivity index (χ0) is 14.7. The average Bonchev–Trinajstić information content (AvgIpc) is 2.44. The number of benzene rings is 2. The van der Waals surface area contributed by atoms with Crippen molar-refractivity contribution in [3.63, 3.8) is 0 Å². The predicted molar refractivity (Wildman–Crippen MR) is 75.3 cm³/mol. The van der Waals surface area contributed by atoms with E-state index in [9.17, 15) is 14.4 Å². The summed E-state index contributed by atoms with van der Waals surface area (Å²) in [5, 5.41) is 9.69. The van der Waals surface area contributed by atoms with Crippen molar-refractivity contribution in [2.24, 2.45) is 0 Å². The third kappa shape index (κ3) is 2.87. The van der Waals surface area contributed by atoms with E-state index in [2.05, 4.69) is 0 Å². The fraction of sp³-hybridized carbons (Fsp3) is 0.125. The summed E-state index contributed by atoms with van der Waals surface area (Å²) in [6.07, 6.45) is 0. The van der Waals surface area contributed by atoms with Crippen LogP contribution in [0.25, 0.3) is 0 Å². The minimum absolute atomic E-state index is 0.346. The third-order valence-corrected chi connectivity index (χ3v) is 3.46. The van der Waals surface area contributed by atoms with Crippen molar-refractivity contribution < 1.29 is 9.18 Å². The number of Topliss-reactive ketones (excluding diaryl/α,β-unsaturated/α-hetero) is 1. The van der Waals surface area contributed by atoms with E-state index in [1.54, 1.807) is 18.2 Å². The van der Waals surface area contributed by atoms with Gasteiger partial charge in [-0.2, -0.15) is 5.26 Å². The molecule has 0 aliphatic carbocycles. The predicted octanol–water partition coefficient (Wildman–Crippen LogP) is 4.28. The lowest BCUT2D eigenvalue weighted by Gasteiger charge is -2.09. The molecule has 1 unspecified atom stereocenters. The highest BCUT2D eigenvalue weighted by molar-refractivity contribution is 6.31. The Kier molecular flexibility index (Phi) is 4.16. The summed E-state index contributed by atoms with van der Waals surface area (Å²) in [7, 11) is 0. The van der Waals surface area contributed by atoms with Crippen LogP contribution in [0.15, 0.2) is 42.5 Å². The fourth-order valence-electron chi connectivity index (χ4n) is 1.85. The zero-order valence-corrected chi connectivity index (χ0v) is 11.5. The smallest absolute Gasteiger partial charge is 0.184 e. The van der Waals surface area contributed by atoms with Crippen molar-refractivity contribution in [3.05, 3.63) is 70.0 Å². The van der Waals surface area contributed by atoms with Crippen molar-refractivity contribution in [1.82, 2.24) is 0 Å². The lowest BCUT2D eigenvalue weighted by atomic mass is 9.91. The van der Waals surface area contributed by atoms with E-state index in [-0.39, 0.29) is 5.78 Å². The fourth-order valence-corrected chi connectivity index (χ4v) is 2.03. The standard InChI is InChI=1S/C16H11ClFNO/c1-10-2-3-12(8-15(10)17)16(20)14(9-19)11-4-6-13(18)7-5-11/h2-8,14H,1H3. The monoisotopic (exact) mass is 287 g/mol. The Labute approximate surface area is 121 Å². The number of hydrogen-bond donors (Lipinski definition) is 0. The van der Waals surface area contributed by atoms with E-state index in [1.165, 1.54) is 24.3 Å². The molecule has 100 valence electrons. The van der Waals surface area contributed by atoms with Crippen LogP contribution < -0.4 is 0 Å². The largest absolute Gasteiger partial charge is 0.292 e. The molecule has 2 aromatic rings. The first-order chi connectivity index (χ1) is 9.52. The molecule has 0 saturated heterocycles. The lowest BCUT2D eigenvalue weighted by Crippen LogP contribution is -2.11. The van der Waals surface area contributed by atoms with Crippen molar-refractivity contribution >= 4 is 17.4 Å². The number of carbonyl (C=O) groups is 1. The molecule has 1 atom stereocenters. The van der Waals surface area contributed by atoms with Crippen LogP contribution in [0.4, 0.5) is 4.39 Å². The lowest BCUT2D eigenvalue weighted by molar-refractivity contribution is 0.0979. The number of ketones is 1. The molecule has 0 amide bonds. The van der Waals surface area contributed by atoms with Gasteiger partial charge in [-0.3, -0.25) is 4.79 Å². The molecule has 0 aliphatic heterocycles. The highest BCUT2D eigenvalue weighted by Crippen LogP contribution is 2.24. The molecule has 0 bridgehead atoms. The second kappa shape index (κ2) is 5.85. The number of carbonyl (C=O) groups excluding carboxylic acids is 1. The van der Waals surface area contributed by atoms with Gasteiger partial charge in [0.15, 0.2) is 5.78 Å². The van der Waals surface area contributed by atoms with Gasteiger partial charge in [0, 0.05) is 10.6 Å². The van der Waals surface area contributed by atoms with Crippen molar-refractivity contribution in [3.8, 4) is 6.07 Å². The van der Waals surface area contributed by atoms with E-state index < -0.39 is 11.7 Å². The van der Waals surface area contributed by atoms with Gasteiger partial charge in [-0.05, 0) is 36.2 Å². The summed E-state index contributed by atoms with van der Waals surface area (Å²) >= 11 is 5.99. The summed E-state index contributed by atoms with van der Waals surface area (Å²) in [6, 6.07) is 12.2. The molecular weight excluding hydrogens is 277 g/mol. The molecule has 0 aliphatic rings. The van der Waals surface area contributed by atoms with Gasteiger partial charge >= 0.3 is 0 Å². The van der Waals surface area contributed by atoms with Gasteiger partial charge in [-0.1, -0.05) is 35.9 Å². The number of aryl methyl sites for hydroxylation is 1. The second-order valence-electron chi connectivity index (χ2n) is 4.44. The van der Waals surface area contributed by atoms with Crippen molar-refractivity contribution in [2.45, 2.75) is 12.8 Å². The molecule has 2 rings (SSSR count). The molecule has 0 aromatic heterocycles. The maximum atomic E-state index is 12.9. The minimum atomic E-state index is -0.964. The van der Waals surface area contributed by atoms with Gasteiger partial charge in [-0.25, -0.2) is 4.39 Å². The van der Waals surface area contributed by atoms with Gasteiger partial charge in [0.2, 0.25) is 0 Å². The molecular formula is C16H11ClFNO. The SMILES string of the molecule is Cc1ccc(C(=O)C(C#N)c2ccc(F)cc2)cc1Cl. The maximum Gasteiger partial charge on any atom is 0.184 e. The normalized spacial score (nSPS) is 11.7. The molecule has 2 aromatic carbocycles. The van der Waals surface area contributed by atoms with Crippen LogP contribution in [0.5, 0.6) is 0 Å². The number of hydrogen-bond acceptors (Lipinski definition) is 2. The van der Waals surface area contributed by atoms with Crippen LogP contribution in [0, 0.1) is 24.1 Å². The van der Waals surface area contributed by atoms with Gasteiger partial charge in [0.05, 0.1) is 6.07 Å². The average molecular weight is 288 g/mol. The quantitative estimate of drug-likeness (QED) is 0.791. The summed E-state index contributed by atoms with van der Waals surface area (Å²) in [5.41, 5.74) is 1.70. The van der Waals surface area contributed by atoms with Gasteiger partial charge in [-0.15, -0.1) is 0 Å². The molecule has 2 nitrogen and oxygen atoms in total. The van der Waals surface area contributed by atoms with E-state index in [4.69, 9.17) is 11.6 Å². The Morgan fingerprint density at radius 1 is 1.25 bits per heavy atom. The summed E-state index contributed by atoms with van der Waals surface area (Å²) in [5.74, 6) is -1.72. The molecule has 4 heteroatoms. The summed E-state index contributed by atoms with van der Waals surface area (Å²) in [6.45, 7) is 1.83. The Bertz CT molecular complexity index is 689. The summed E-state index contributed by atoms with van der Waals surface area (Å²) < 4.78 is 12.9. The molecule has 0 heterocycles. The van der Waals surface area contributed by atoms with E-state index in [1.807, 2.05) is 13.0 Å². The molecule has 0 spiro atoms. The summed E-state index contributed by atoms with van der Waals surface area (Å²) in [4.78, 5) is 12.3. The van der Waals surface area contributed by atoms with E-state index in [0.717, 1.165) is 5.56 Å². The van der Waals surface area contributed by atoms with Gasteiger partial charge in [0.25, 0.3) is 0 Å². The highest BCUT2D eigenvalue weighted by Gasteiger charge is 2.22. The molecule has 0 radical (unpaired) electrons. The minimum Gasteiger partial charge on any atom is -0.292 e. The van der Waals surface area contributed by atoms with E-state index in [0.29, 0.717) is 16.1 Å². The van der Waals surface area contributed by atoms with Gasteiger partial charge in [0.1, 0.15) is 11.7 Å². The third-order valence-electron chi connectivity index (χ3n) is 3.05. The van der Waals surface area contributed by atoms with Crippen LogP contribution in [-0.4, -0.2) is 5.78 Å². The highest BCUT2D eigenvalue weighted by atomic mass is 35.5. The second-order valence-corrected chi connectivity index (χ2v) is 4.85. The Morgan fingerprint density at radius 3 is 2.45 bits per heavy atom. The molecule has 0 fully saturated rings.